The number of nitrogens with zero attached hydrogens (tertiary/aromatic N) is 2. The van der Waals surface area contributed by atoms with Gasteiger partial charge in [0.25, 0.3) is 0 Å². The molecule has 2 N–H and O–H groups in total. The van der Waals surface area contributed by atoms with Crippen molar-refractivity contribution in [2.45, 2.75) is 13.8 Å². The Hall–Kier alpha value is -1.77. The van der Waals surface area contributed by atoms with Crippen LogP contribution in [-0.2, 0) is 0 Å². The van der Waals surface area contributed by atoms with E-state index >= 15 is 0 Å². The fraction of sp³-hybridized carbons (Fsp3) is 0.182. The molecule has 3 heteroatoms. The number of aromatic nitrogens is 2. The summed E-state index contributed by atoms with van der Waals surface area (Å²) in [5.74, 6) is 0. The highest BCUT2D eigenvalue weighted by molar-refractivity contribution is 5.62. The van der Waals surface area contributed by atoms with Crippen molar-refractivity contribution in [2.75, 3.05) is 5.73 Å². The molecule has 72 valence electrons. The van der Waals surface area contributed by atoms with Gasteiger partial charge in [0.1, 0.15) is 0 Å². The van der Waals surface area contributed by atoms with Crippen LogP contribution in [0.2, 0.25) is 0 Å². The van der Waals surface area contributed by atoms with Crippen molar-refractivity contribution >= 4 is 5.69 Å². The summed E-state index contributed by atoms with van der Waals surface area (Å²) in [6, 6.07) is 5.95. The van der Waals surface area contributed by atoms with Gasteiger partial charge in [0.15, 0.2) is 0 Å². The number of anilines is 1. The fourth-order valence-corrected chi connectivity index (χ4v) is 1.71. The normalized spacial score (nSPS) is 10.4. The Morgan fingerprint density at radius 3 is 2.64 bits per heavy atom. The first-order valence-electron chi connectivity index (χ1n) is 4.55. The number of hydrogen-bond acceptors (Lipinski definition) is 2. The molecule has 0 atom stereocenters. The molecule has 0 aliphatic carbocycles. The van der Waals surface area contributed by atoms with Gasteiger partial charge in [-0.3, -0.25) is 0 Å². The third-order valence-corrected chi connectivity index (χ3v) is 2.21. The average molecular weight is 187 g/mol. The first-order valence-corrected chi connectivity index (χ1v) is 4.55. The lowest BCUT2D eigenvalue weighted by atomic mass is 10.1. The van der Waals surface area contributed by atoms with Crippen LogP contribution in [0.3, 0.4) is 0 Å². The molecule has 14 heavy (non-hydrogen) atoms. The van der Waals surface area contributed by atoms with Crippen molar-refractivity contribution in [1.82, 2.24) is 9.78 Å². The predicted octanol–water partition coefficient (Wildman–Crippen LogP) is 2.07. The van der Waals surface area contributed by atoms with Gasteiger partial charge < -0.3 is 5.73 Å². The molecule has 0 fully saturated rings. The zero-order chi connectivity index (χ0) is 10.1. The molecule has 0 unspecified atom stereocenters. The van der Waals surface area contributed by atoms with Crippen molar-refractivity contribution < 1.29 is 0 Å². The van der Waals surface area contributed by atoms with Gasteiger partial charge in [-0.15, -0.1) is 0 Å². The first kappa shape index (κ1) is 8.81. The maximum atomic E-state index is 5.95. The zero-order valence-electron chi connectivity index (χ0n) is 8.36. The summed E-state index contributed by atoms with van der Waals surface area (Å²) in [5.41, 5.74) is 10.0. The largest absolute Gasteiger partial charge is 0.397 e. The van der Waals surface area contributed by atoms with Gasteiger partial charge >= 0.3 is 0 Å². The van der Waals surface area contributed by atoms with Crippen molar-refractivity contribution in [2.24, 2.45) is 0 Å². The second-order valence-corrected chi connectivity index (χ2v) is 3.47. The van der Waals surface area contributed by atoms with Crippen molar-refractivity contribution in [3.05, 3.63) is 41.7 Å². The van der Waals surface area contributed by atoms with E-state index in [4.69, 9.17) is 5.73 Å². The van der Waals surface area contributed by atoms with Gasteiger partial charge in [-0.05, 0) is 37.1 Å². The van der Waals surface area contributed by atoms with Gasteiger partial charge in [0.05, 0.1) is 11.4 Å². The van der Waals surface area contributed by atoms with E-state index < -0.39 is 0 Å². The van der Waals surface area contributed by atoms with Crippen LogP contribution < -0.4 is 5.73 Å². The fourth-order valence-electron chi connectivity index (χ4n) is 1.71. The second kappa shape index (κ2) is 3.18. The molecule has 1 heterocycles. The van der Waals surface area contributed by atoms with Crippen LogP contribution in [0.4, 0.5) is 5.69 Å². The van der Waals surface area contributed by atoms with Crippen LogP contribution in [0.25, 0.3) is 5.69 Å². The van der Waals surface area contributed by atoms with E-state index in [-0.39, 0.29) is 0 Å². The van der Waals surface area contributed by atoms with Crippen molar-refractivity contribution in [1.29, 1.82) is 0 Å². The lowest BCUT2D eigenvalue weighted by molar-refractivity contribution is 0.874. The van der Waals surface area contributed by atoms with Crippen LogP contribution in [0.1, 0.15) is 11.1 Å². The standard InChI is InChI=1S/C11H13N3/c1-8-6-9(2)11(10(12)7-8)14-5-3-4-13-14/h3-7H,12H2,1-2H3. The second-order valence-electron chi connectivity index (χ2n) is 3.47. The number of aryl methyl sites for hydroxylation is 2. The number of nitrogen functional groups attached to an aromatic ring is 1. The molecule has 1 aromatic heterocycles. The molecular formula is C11H13N3. The van der Waals surface area contributed by atoms with Gasteiger partial charge in [-0.2, -0.15) is 5.10 Å². The van der Waals surface area contributed by atoms with E-state index in [2.05, 4.69) is 11.2 Å². The maximum Gasteiger partial charge on any atom is 0.0904 e. The summed E-state index contributed by atoms with van der Waals surface area (Å²) >= 11 is 0. The lowest BCUT2D eigenvalue weighted by Gasteiger charge is -2.10. The summed E-state index contributed by atoms with van der Waals surface area (Å²) in [7, 11) is 0. The molecule has 2 rings (SSSR count). The van der Waals surface area contributed by atoms with Crippen LogP contribution in [-0.4, -0.2) is 9.78 Å². The Kier molecular flexibility index (Phi) is 2.00. The summed E-state index contributed by atoms with van der Waals surface area (Å²) < 4.78 is 1.80. The highest BCUT2D eigenvalue weighted by Gasteiger charge is 2.06. The Balaban J connectivity index is 2.64. The van der Waals surface area contributed by atoms with E-state index in [0.717, 1.165) is 16.9 Å². The summed E-state index contributed by atoms with van der Waals surface area (Å²) in [6.45, 7) is 4.08. The molecule has 3 nitrogen and oxygen atoms in total. The molecule has 1 aromatic carbocycles. The quantitative estimate of drug-likeness (QED) is 0.694. The summed E-state index contributed by atoms with van der Waals surface area (Å²) in [4.78, 5) is 0. The Morgan fingerprint density at radius 2 is 2.07 bits per heavy atom. The molecule has 0 spiro atoms. The van der Waals surface area contributed by atoms with Crippen LogP contribution >= 0.6 is 0 Å². The minimum Gasteiger partial charge on any atom is -0.397 e. The minimum atomic E-state index is 0.770. The summed E-state index contributed by atoms with van der Waals surface area (Å²) in [5, 5.41) is 4.17. The van der Waals surface area contributed by atoms with E-state index in [0.29, 0.717) is 0 Å². The smallest absolute Gasteiger partial charge is 0.0904 e. The monoisotopic (exact) mass is 187 g/mol. The number of nitrogens with two attached hydrogens (primary N) is 1. The van der Waals surface area contributed by atoms with Gasteiger partial charge in [0.2, 0.25) is 0 Å². The third kappa shape index (κ3) is 1.37. The van der Waals surface area contributed by atoms with Crippen molar-refractivity contribution in [3.8, 4) is 5.69 Å². The molecule has 0 saturated heterocycles. The Morgan fingerprint density at radius 1 is 1.29 bits per heavy atom. The van der Waals surface area contributed by atoms with Crippen LogP contribution in [0.5, 0.6) is 0 Å². The summed E-state index contributed by atoms with van der Waals surface area (Å²) in [6.07, 6.45) is 3.65. The third-order valence-electron chi connectivity index (χ3n) is 2.21. The predicted molar refractivity (Wildman–Crippen MR) is 57.5 cm³/mol. The molecule has 0 aliphatic heterocycles. The maximum absolute atomic E-state index is 5.95. The molecule has 0 amide bonds. The SMILES string of the molecule is Cc1cc(C)c(-n2cccn2)c(N)c1. The van der Waals surface area contributed by atoms with Crippen molar-refractivity contribution in [3.63, 3.8) is 0 Å². The molecule has 0 radical (unpaired) electrons. The number of rotatable bonds is 1. The van der Waals surface area contributed by atoms with Crippen LogP contribution in [0, 0.1) is 13.8 Å². The van der Waals surface area contributed by atoms with E-state index in [1.54, 1.807) is 10.9 Å². The van der Waals surface area contributed by atoms with E-state index in [1.807, 2.05) is 32.2 Å². The highest BCUT2D eigenvalue weighted by Crippen LogP contribution is 2.22. The Labute approximate surface area is 83.2 Å². The molecule has 2 aromatic rings. The average Bonchev–Trinajstić information content (AvgIpc) is 2.54. The first-order chi connectivity index (χ1) is 6.68. The number of benzene rings is 1. The highest BCUT2D eigenvalue weighted by atomic mass is 15.3. The zero-order valence-corrected chi connectivity index (χ0v) is 8.36. The van der Waals surface area contributed by atoms with Crippen LogP contribution in [0.15, 0.2) is 30.6 Å². The molecule has 0 saturated carbocycles. The Bertz CT molecular complexity index is 421. The minimum absolute atomic E-state index is 0.770. The molecule has 0 aliphatic rings. The topological polar surface area (TPSA) is 43.8 Å². The lowest BCUT2D eigenvalue weighted by Crippen LogP contribution is -2.03. The molecule has 0 bridgehead atoms. The van der Waals surface area contributed by atoms with E-state index in [9.17, 15) is 0 Å². The van der Waals surface area contributed by atoms with Gasteiger partial charge in [-0.25, -0.2) is 4.68 Å². The van der Waals surface area contributed by atoms with Gasteiger partial charge in [0, 0.05) is 12.4 Å². The van der Waals surface area contributed by atoms with Gasteiger partial charge in [-0.1, -0.05) is 6.07 Å². The molecular weight excluding hydrogens is 174 g/mol. The van der Waals surface area contributed by atoms with E-state index in [1.165, 1.54) is 5.56 Å². The number of hydrogen-bond donors (Lipinski definition) is 1.